The number of hydrogen-bond acceptors (Lipinski definition) is 3. The summed E-state index contributed by atoms with van der Waals surface area (Å²) < 4.78 is 5.23. The number of ether oxygens (including phenoxy) is 1. The quantitative estimate of drug-likeness (QED) is 0.717. The Morgan fingerprint density at radius 2 is 2.07 bits per heavy atom. The lowest BCUT2D eigenvalue weighted by Gasteiger charge is -2.31. The average Bonchev–Trinajstić information content (AvgIpc) is 2.24. The largest absolute Gasteiger partial charge is 0.508 e. The molecule has 3 heteroatoms. The first-order valence-electron chi connectivity index (χ1n) is 5.62. The van der Waals surface area contributed by atoms with Gasteiger partial charge < -0.3 is 14.7 Å². The minimum atomic E-state index is -0.176. The molecule has 1 saturated heterocycles. The lowest BCUT2D eigenvalue weighted by atomic mass is 9.87. The molecule has 0 bridgehead atoms. The van der Waals surface area contributed by atoms with Crippen LogP contribution in [0.3, 0.4) is 0 Å². The summed E-state index contributed by atoms with van der Waals surface area (Å²) in [6, 6.07) is 0. The summed E-state index contributed by atoms with van der Waals surface area (Å²) in [5.41, 5.74) is 1.09. The van der Waals surface area contributed by atoms with Gasteiger partial charge in [0, 0.05) is 0 Å². The van der Waals surface area contributed by atoms with Crippen molar-refractivity contribution >= 4 is 0 Å². The highest BCUT2D eigenvalue weighted by Crippen LogP contribution is 2.30. The van der Waals surface area contributed by atoms with E-state index in [9.17, 15) is 5.11 Å². The number of likely N-dealkylation sites (tertiary alicyclic amines) is 1. The van der Waals surface area contributed by atoms with Crippen LogP contribution in [0.1, 0.15) is 19.8 Å². The van der Waals surface area contributed by atoms with Gasteiger partial charge in [-0.3, -0.25) is 0 Å². The topological polar surface area (TPSA) is 32.7 Å². The fourth-order valence-electron chi connectivity index (χ4n) is 2.28. The molecule has 2 aliphatic heterocycles. The van der Waals surface area contributed by atoms with Gasteiger partial charge in [0.1, 0.15) is 5.76 Å². The van der Waals surface area contributed by atoms with Gasteiger partial charge in [-0.15, -0.1) is 0 Å². The van der Waals surface area contributed by atoms with E-state index in [2.05, 4.69) is 11.9 Å². The fraction of sp³-hybridized carbons (Fsp3) is 0.667. The molecule has 1 N–H and O–H groups in total. The first kappa shape index (κ1) is 10.6. The predicted octanol–water partition coefficient (Wildman–Crippen LogP) is 2.07. The van der Waals surface area contributed by atoms with E-state index in [1.807, 2.05) is 13.0 Å². The van der Waals surface area contributed by atoms with Crippen molar-refractivity contribution in [2.75, 3.05) is 20.1 Å². The van der Waals surface area contributed by atoms with Crippen molar-refractivity contribution in [1.29, 1.82) is 0 Å². The maximum atomic E-state index is 9.95. The third-order valence-corrected chi connectivity index (χ3v) is 3.37. The van der Waals surface area contributed by atoms with Crippen LogP contribution in [0.25, 0.3) is 0 Å². The fourth-order valence-corrected chi connectivity index (χ4v) is 2.28. The molecule has 0 aromatic rings. The Morgan fingerprint density at radius 3 is 2.73 bits per heavy atom. The Balaban J connectivity index is 2.09. The van der Waals surface area contributed by atoms with Crippen LogP contribution >= 0.6 is 0 Å². The van der Waals surface area contributed by atoms with Crippen molar-refractivity contribution in [2.24, 2.45) is 5.92 Å². The van der Waals surface area contributed by atoms with Crippen LogP contribution in [0.2, 0.25) is 0 Å². The lowest BCUT2D eigenvalue weighted by molar-refractivity contribution is 0.130. The molecule has 1 fully saturated rings. The maximum Gasteiger partial charge on any atom is 0.152 e. The molecule has 2 aliphatic rings. The van der Waals surface area contributed by atoms with Gasteiger partial charge in [-0.2, -0.15) is 0 Å². The van der Waals surface area contributed by atoms with Crippen LogP contribution in [0.5, 0.6) is 0 Å². The Morgan fingerprint density at radius 1 is 1.40 bits per heavy atom. The highest BCUT2D eigenvalue weighted by molar-refractivity contribution is 5.28. The molecule has 84 valence electrons. The highest BCUT2D eigenvalue weighted by atomic mass is 16.5. The molecule has 0 amide bonds. The summed E-state index contributed by atoms with van der Waals surface area (Å²) in [4.78, 5) is 2.33. The molecular formula is C12H19NO2. The van der Waals surface area contributed by atoms with Crippen molar-refractivity contribution in [3.63, 3.8) is 0 Å². The molecule has 0 aromatic carbocycles. The van der Waals surface area contributed by atoms with E-state index in [4.69, 9.17) is 4.74 Å². The number of aliphatic hydroxyl groups excluding tert-OH is 1. The average molecular weight is 209 g/mol. The molecule has 0 radical (unpaired) electrons. The van der Waals surface area contributed by atoms with Gasteiger partial charge in [0.05, 0.1) is 6.26 Å². The predicted molar refractivity (Wildman–Crippen MR) is 59.6 cm³/mol. The van der Waals surface area contributed by atoms with Crippen molar-refractivity contribution in [2.45, 2.75) is 25.9 Å². The first-order chi connectivity index (χ1) is 7.18. The van der Waals surface area contributed by atoms with E-state index in [-0.39, 0.29) is 6.10 Å². The van der Waals surface area contributed by atoms with Crippen LogP contribution in [0.4, 0.5) is 0 Å². The number of aliphatic hydroxyl groups is 1. The number of nitrogens with zero attached hydrogens (tertiary/aromatic N) is 1. The van der Waals surface area contributed by atoms with Crippen molar-refractivity contribution < 1.29 is 9.84 Å². The van der Waals surface area contributed by atoms with Gasteiger partial charge in [0.25, 0.3) is 0 Å². The van der Waals surface area contributed by atoms with E-state index in [1.54, 1.807) is 6.26 Å². The molecule has 0 saturated carbocycles. The smallest absolute Gasteiger partial charge is 0.152 e. The summed E-state index contributed by atoms with van der Waals surface area (Å²) in [5, 5.41) is 9.95. The second kappa shape index (κ2) is 4.27. The number of allylic oxidation sites excluding steroid dienone is 2. The SMILES string of the molecule is CC1OC=CC(C2CCN(C)CC2)=C1O. The second-order valence-electron chi connectivity index (χ2n) is 4.50. The third kappa shape index (κ3) is 2.17. The summed E-state index contributed by atoms with van der Waals surface area (Å²) in [6.07, 6.45) is 5.72. The highest BCUT2D eigenvalue weighted by Gasteiger charge is 2.25. The molecule has 2 rings (SSSR count). The zero-order valence-corrected chi connectivity index (χ0v) is 9.44. The Labute approximate surface area is 91.0 Å². The summed E-state index contributed by atoms with van der Waals surface area (Å²) in [7, 11) is 2.15. The standard InChI is InChI=1S/C12H19NO2/c1-9-12(14)11(5-8-15-9)10-3-6-13(2)7-4-10/h5,8-10,14H,3-4,6-7H2,1-2H3. The normalized spacial score (nSPS) is 29.3. The Hall–Kier alpha value is -0.960. The summed E-state index contributed by atoms with van der Waals surface area (Å²) in [6.45, 7) is 4.11. The van der Waals surface area contributed by atoms with E-state index >= 15 is 0 Å². The zero-order chi connectivity index (χ0) is 10.8. The van der Waals surface area contributed by atoms with Crippen LogP contribution in [0, 0.1) is 5.92 Å². The van der Waals surface area contributed by atoms with E-state index in [0.717, 1.165) is 31.5 Å². The third-order valence-electron chi connectivity index (χ3n) is 3.37. The summed E-state index contributed by atoms with van der Waals surface area (Å²) >= 11 is 0. The van der Waals surface area contributed by atoms with Crippen LogP contribution in [-0.2, 0) is 4.74 Å². The van der Waals surface area contributed by atoms with Gasteiger partial charge in [-0.25, -0.2) is 0 Å². The Kier molecular flexibility index (Phi) is 3.00. The van der Waals surface area contributed by atoms with Crippen molar-refractivity contribution in [1.82, 2.24) is 4.90 Å². The number of piperidine rings is 1. The first-order valence-corrected chi connectivity index (χ1v) is 5.62. The molecule has 0 aliphatic carbocycles. The van der Waals surface area contributed by atoms with E-state index in [0.29, 0.717) is 11.7 Å². The Bertz CT molecular complexity index is 288. The van der Waals surface area contributed by atoms with E-state index in [1.165, 1.54) is 0 Å². The van der Waals surface area contributed by atoms with Crippen LogP contribution < -0.4 is 0 Å². The van der Waals surface area contributed by atoms with E-state index < -0.39 is 0 Å². The van der Waals surface area contributed by atoms with Crippen molar-refractivity contribution in [3.8, 4) is 0 Å². The maximum absolute atomic E-state index is 9.95. The molecular weight excluding hydrogens is 190 g/mol. The lowest BCUT2D eigenvalue weighted by Crippen LogP contribution is -2.32. The van der Waals surface area contributed by atoms with Crippen LogP contribution in [-0.4, -0.2) is 36.2 Å². The molecule has 0 aromatic heterocycles. The van der Waals surface area contributed by atoms with Gasteiger partial charge in [0.15, 0.2) is 6.10 Å². The van der Waals surface area contributed by atoms with Gasteiger partial charge in [0.2, 0.25) is 0 Å². The van der Waals surface area contributed by atoms with Crippen molar-refractivity contribution in [3.05, 3.63) is 23.7 Å². The van der Waals surface area contributed by atoms with Gasteiger partial charge in [-0.1, -0.05) is 0 Å². The zero-order valence-electron chi connectivity index (χ0n) is 9.44. The molecule has 2 heterocycles. The summed E-state index contributed by atoms with van der Waals surface area (Å²) in [5.74, 6) is 0.927. The van der Waals surface area contributed by atoms with Gasteiger partial charge >= 0.3 is 0 Å². The monoisotopic (exact) mass is 209 g/mol. The molecule has 0 spiro atoms. The minimum absolute atomic E-state index is 0.176. The minimum Gasteiger partial charge on any atom is -0.508 e. The number of rotatable bonds is 1. The van der Waals surface area contributed by atoms with Crippen LogP contribution in [0.15, 0.2) is 23.7 Å². The number of hydrogen-bond donors (Lipinski definition) is 1. The molecule has 15 heavy (non-hydrogen) atoms. The molecule has 3 nitrogen and oxygen atoms in total. The van der Waals surface area contributed by atoms with Gasteiger partial charge in [-0.05, 0) is 57.5 Å². The second-order valence-corrected chi connectivity index (χ2v) is 4.50. The molecule has 1 unspecified atom stereocenters. The molecule has 1 atom stereocenters.